The van der Waals surface area contributed by atoms with Gasteiger partial charge in [0.2, 0.25) is 0 Å². The van der Waals surface area contributed by atoms with E-state index in [1.54, 1.807) is 53.6 Å². The molecule has 4 nitrogen and oxygen atoms in total. The molecule has 1 N–H and O–H groups in total. The number of pyridine rings is 1. The van der Waals surface area contributed by atoms with Crippen molar-refractivity contribution in [2.45, 2.75) is 6.04 Å². The van der Waals surface area contributed by atoms with E-state index in [2.05, 4.69) is 4.98 Å². The van der Waals surface area contributed by atoms with Crippen molar-refractivity contribution in [3.8, 4) is 0 Å². The molecular formula is C11H10N2O2. The number of carboxylic acid groups (broad SMARTS) is 1. The molecule has 15 heavy (non-hydrogen) atoms. The van der Waals surface area contributed by atoms with Crippen LogP contribution in [0.2, 0.25) is 0 Å². The van der Waals surface area contributed by atoms with Crippen LogP contribution in [0, 0.1) is 0 Å². The van der Waals surface area contributed by atoms with Crippen LogP contribution in [0.25, 0.3) is 0 Å². The van der Waals surface area contributed by atoms with Gasteiger partial charge >= 0.3 is 5.97 Å². The third-order valence-electron chi connectivity index (χ3n) is 2.16. The van der Waals surface area contributed by atoms with Crippen LogP contribution >= 0.6 is 0 Å². The van der Waals surface area contributed by atoms with Gasteiger partial charge in [-0.25, -0.2) is 4.79 Å². The molecule has 2 aromatic heterocycles. The van der Waals surface area contributed by atoms with E-state index < -0.39 is 12.0 Å². The summed E-state index contributed by atoms with van der Waals surface area (Å²) in [5.41, 5.74) is 0.668. The van der Waals surface area contributed by atoms with Crippen LogP contribution in [0.4, 0.5) is 0 Å². The van der Waals surface area contributed by atoms with Crippen LogP contribution in [0.3, 0.4) is 0 Å². The minimum absolute atomic E-state index is 0.668. The lowest BCUT2D eigenvalue weighted by Crippen LogP contribution is -2.19. The molecule has 0 spiro atoms. The van der Waals surface area contributed by atoms with Crippen molar-refractivity contribution in [3.05, 3.63) is 54.6 Å². The van der Waals surface area contributed by atoms with Gasteiger partial charge in [0, 0.05) is 30.4 Å². The highest BCUT2D eigenvalue weighted by Gasteiger charge is 2.20. The van der Waals surface area contributed by atoms with E-state index in [1.807, 2.05) is 0 Å². The van der Waals surface area contributed by atoms with Gasteiger partial charge in [-0.2, -0.15) is 0 Å². The summed E-state index contributed by atoms with van der Waals surface area (Å²) in [6, 6.07) is 6.38. The van der Waals surface area contributed by atoms with Crippen molar-refractivity contribution in [1.29, 1.82) is 0 Å². The lowest BCUT2D eigenvalue weighted by molar-refractivity contribution is -0.139. The third-order valence-corrected chi connectivity index (χ3v) is 2.16. The molecule has 0 saturated carbocycles. The van der Waals surface area contributed by atoms with Crippen LogP contribution in [0.15, 0.2) is 49.1 Å². The van der Waals surface area contributed by atoms with E-state index in [1.165, 1.54) is 0 Å². The Hall–Kier alpha value is -2.10. The molecule has 2 rings (SSSR count). The summed E-state index contributed by atoms with van der Waals surface area (Å²) >= 11 is 0. The maximum atomic E-state index is 11.1. The molecule has 0 bridgehead atoms. The number of aliphatic carboxylic acids is 1. The molecule has 0 aliphatic rings. The van der Waals surface area contributed by atoms with Gasteiger partial charge in [-0.1, -0.05) is 6.07 Å². The molecular weight excluding hydrogens is 192 g/mol. The van der Waals surface area contributed by atoms with Crippen LogP contribution in [0.1, 0.15) is 11.6 Å². The Morgan fingerprint density at radius 1 is 1.33 bits per heavy atom. The van der Waals surface area contributed by atoms with Crippen molar-refractivity contribution in [2.24, 2.45) is 0 Å². The van der Waals surface area contributed by atoms with Gasteiger partial charge in [0.1, 0.15) is 0 Å². The summed E-state index contributed by atoms with van der Waals surface area (Å²) in [5.74, 6) is -0.890. The minimum atomic E-state index is -0.890. The average molecular weight is 202 g/mol. The number of hydrogen-bond donors (Lipinski definition) is 1. The maximum absolute atomic E-state index is 11.1. The summed E-state index contributed by atoms with van der Waals surface area (Å²) in [6.45, 7) is 0. The molecule has 0 fully saturated rings. The smallest absolute Gasteiger partial charge is 0.331 e. The number of carboxylic acids is 1. The van der Waals surface area contributed by atoms with Crippen LogP contribution in [-0.2, 0) is 4.79 Å². The third kappa shape index (κ3) is 1.88. The first-order valence-electron chi connectivity index (χ1n) is 4.54. The fourth-order valence-electron chi connectivity index (χ4n) is 1.50. The van der Waals surface area contributed by atoms with Crippen molar-refractivity contribution < 1.29 is 9.90 Å². The fourth-order valence-corrected chi connectivity index (χ4v) is 1.50. The summed E-state index contributed by atoms with van der Waals surface area (Å²) in [5, 5.41) is 9.15. The summed E-state index contributed by atoms with van der Waals surface area (Å²) in [7, 11) is 0. The number of rotatable bonds is 3. The Balaban J connectivity index is 2.42. The number of nitrogens with zero attached hydrogens (tertiary/aromatic N) is 2. The minimum Gasteiger partial charge on any atom is -0.479 e. The van der Waals surface area contributed by atoms with E-state index in [0.29, 0.717) is 5.56 Å². The fraction of sp³-hybridized carbons (Fsp3) is 0.0909. The first-order chi connectivity index (χ1) is 7.29. The van der Waals surface area contributed by atoms with Crippen molar-refractivity contribution >= 4 is 5.97 Å². The Bertz CT molecular complexity index is 437. The molecule has 0 saturated heterocycles. The molecule has 76 valence electrons. The zero-order valence-electron chi connectivity index (χ0n) is 7.95. The molecule has 0 unspecified atom stereocenters. The van der Waals surface area contributed by atoms with Gasteiger partial charge < -0.3 is 9.67 Å². The molecule has 4 heteroatoms. The molecule has 0 aromatic carbocycles. The topological polar surface area (TPSA) is 55.1 Å². The number of aromatic nitrogens is 2. The normalized spacial score (nSPS) is 12.3. The number of carbonyl (C=O) groups is 1. The summed E-state index contributed by atoms with van der Waals surface area (Å²) in [6.07, 6.45) is 6.65. The largest absolute Gasteiger partial charge is 0.479 e. The highest BCUT2D eigenvalue weighted by Crippen LogP contribution is 2.17. The van der Waals surface area contributed by atoms with Crippen molar-refractivity contribution in [2.75, 3.05) is 0 Å². The Morgan fingerprint density at radius 3 is 2.60 bits per heavy atom. The van der Waals surface area contributed by atoms with E-state index in [-0.39, 0.29) is 0 Å². The van der Waals surface area contributed by atoms with Crippen LogP contribution in [0.5, 0.6) is 0 Å². The Kier molecular flexibility index (Phi) is 2.49. The van der Waals surface area contributed by atoms with E-state index >= 15 is 0 Å². The number of hydrogen-bond acceptors (Lipinski definition) is 2. The molecule has 2 heterocycles. The molecule has 0 aliphatic carbocycles. The zero-order valence-corrected chi connectivity index (χ0v) is 7.95. The predicted octanol–water partition coefficient (Wildman–Crippen LogP) is 1.56. The first kappa shape index (κ1) is 9.45. The highest BCUT2D eigenvalue weighted by molar-refractivity contribution is 5.75. The van der Waals surface area contributed by atoms with Gasteiger partial charge in [0.25, 0.3) is 0 Å². The second kappa shape index (κ2) is 3.96. The predicted molar refractivity (Wildman–Crippen MR) is 54.4 cm³/mol. The second-order valence-electron chi connectivity index (χ2n) is 3.16. The zero-order chi connectivity index (χ0) is 10.7. The van der Waals surface area contributed by atoms with Gasteiger partial charge in [0.15, 0.2) is 6.04 Å². The lowest BCUT2D eigenvalue weighted by atomic mass is 10.1. The lowest BCUT2D eigenvalue weighted by Gasteiger charge is -2.13. The first-order valence-corrected chi connectivity index (χ1v) is 4.54. The summed E-state index contributed by atoms with van der Waals surface area (Å²) < 4.78 is 1.64. The van der Waals surface area contributed by atoms with E-state index in [9.17, 15) is 4.79 Å². The van der Waals surface area contributed by atoms with E-state index in [4.69, 9.17) is 5.11 Å². The van der Waals surface area contributed by atoms with Gasteiger partial charge in [-0.15, -0.1) is 0 Å². The standard InChI is InChI=1S/C11H10N2O2/c14-11(15)10(13-6-1-2-7-13)9-4-3-5-12-8-9/h1-8,10H,(H,14,15)/t10-/m1/s1. The summed E-state index contributed by atoms with van der Waals surface area (Å²) in [4.78, 5) is 15.1. The van der Waals surface area contributed by atoms with Crippen LogP contribution in [-0.4, -0.2) is 20.6 Å². The Morgan fingerprint density at radius 2 is 2.07 bits per heavy atom. The molecule has 0 aliphatic heterocycles. The van der Waals surface area contributed by atoms with Crippen molar-refractivity contribution in [1.82, 2.24) is 9.55 Å². The van der Waals surface area contributed by atoms with Crippen LogP contribution < -0.4 is 0 Å². The molecule has 2 aromatic rings. The van der Waals surface area contributed by atoms with Crippen molar-refractivity contribution in [3.63, 3.8) is 0 Å². The molecule has 0 amide bonds. The Labute approximate surface area is 86.8 Å². The quantitative estimate of drug-likeness (QED) is 0.821. The monoisotopic (exact) mass is 202 g/mol. The second-order valence-corrected chi connectivity index (χ2v) is 3.16. The van der Waals surface area contributed by atoms with Gasteiger partial charge in [-0.3, -0.25) is 4.98 Å². The molecule has 0 radical (unpaired) electrons. The molecule has 1 atom stereocenters. The van der Waals surface area contributed by atoms with E-state index in [0.717, 1.165) is 0 Å². The van der Waals surface area contributed by atoms with Gasteiger partial charge in [0.05, 0.1) is 0 Å². The maximum Gasteiger partial charge on any atom is 0.331 e. The highest BCUT2D eigenvalue weighted by atomic mass is 16.4. The average Bonchev–Trinajstić information content (AvgIpc) is 2.72. The van der Waals surface area contributed by atoms with Gasteiger partial charge in [-0.05, 0) is 18.2 Å². The SMILES string of the molecule is O=C(O)[C@@H](c1cccnc1)n1cccc1.